The first-order valence-electron chi connectivity index (χ1n) is 7.17. The highest BCUT2D eigenvalue weighted by molar-refractivity contribution is 5.80. The molecule has 1 N–H and O–H groups in total. The molecule has 4 atom stereocenters. The second-order valence-electron chi connectivity index (χ2n) is 6.80. The van der Waals surface area contributed by atoms with Gasteiger partial charge in [-0.05, 0) is 40.0 Å². The zero-order chi connectivity index (χ0) is 12.9. The zero-order valence-corrected chi connectivity index (χ0v) is 11.6. The van der Waals surface area contributed by atoms with Gasteiger partial charge in [0.25, 0.3) is 0 Å². The van der Waals surface area contributed by atoms with Gasteiger partial charge in [0.15, 0.2) is 0 Å². The van der Waals surface area contributed by atoms with Crippen molar-refractivity contribution in [3.63, 3.8) is 0 Å². The van der Waals surface area contributed by atoms with E-state index in [1.54, 1.807) is 0 Å². The molecule has 3 aliphatic heterocycles. The van der Waals surface area contributed by atoms with E-state index in [0.717, 1.165) is 19.5 Å². The van der Waals surface area contributed by atoms with Gasteiger partial charge in [0.2, 0.25) is 5.91 Å². The predicted molar refractivity (Wildman–Crippen MR) is 69.3 cm³/mol. The third-order valence-corrected chi connectivity index (χ3v) is 4.50. The Bertz CT molecular complexity index is 356. The summed E-state index contributed by atoms with van der Waals surface area (Å²) in [6, 6.07) is 1.03. The Labute approximate surface area is 109 Å². The molecule has 1 amide bonds. The van der Waals surface area contributed by atoms with Crippen molar-refractivity contribution in [1.29, 1.82) is 0 Å². The highest BCUT2D eigenvalue weighted by Crippen LogP contribution is 2.35. The fourth-order valence-corrected chi connectivity index (χ4v) is 3.95. The monoisotopic (exact) mass is 252 g/mol. The van der Waals surface area contributed by atoms with Crippen molar-refractivity contribution in [2.45, 2.75) is 63.8 Å². The van der Waals surface area contributed by atoms with E-state index in [1.165, 1.54) is 12.8 Å². The summed E-state index contributed by atoms with van der Waals surface area (Å²) in [5.41, 5.74) is -0.210. The molecule has 0 aromatic heterocycles. The Morgan fingerprint density at radius 3 is 2.72 bits per heavy atom. The van der Waals surface area contributed by atoms with Gasteiger partial charge in [-0.25, -0.2) is 0 Å². The maximum Gasteiger partial charge on any atom is 0.227 e. The Morgan fingerprint density at radius 2 is 2.17 bits per heavy atom. The van der Waals surface area contributed by atoms with E-state index in [9.17, 15) is 4.79 Å². The second-order valence-corrected chi connectivity index (χ2v) is 6.80. The molecule has 0 aromatic rings. The van der Waals surface area contributed by atoms with Gasteiger partial charge in [-0.2, -0.15) is 0 Å². The van der Waals surface area contributed by atoms with Crippen LogP contribution in [-0.2, 0) is 9.53 Å². The van der Waals surface area contributed by atoms with Gasteiger partial charge in [0.1, 0.15) is 0 Å². The normalized spacial score (nSPS) is 42.3. The maximum absolute atomic E-state index is 12.7. The molecule has 2 bridgehead atoms. The van der Waals surface area contributed by atoms with E-state index >= 15 is 0 Å². The molecule has 3 fully saturated rings. The predicted octanol–water partition coefficient (Wildman–Crippen LogP) is 1.15. The van der Waals surface area contributed by atoms with Crippen LogP contribution in [0.25, 0.3) is 0 Å². The van der Waals surface area contributed by atoms with Crippen molar-refractivity contribution in [3.8, 4) is 0 Å². The summed E-state index contributed by atoms with van der Waals surface area (Å²) >= 11 is 0. The lowest BCUT2D eigenvalue weighted by atomic mass is 9.87. The number of nitrogens with one attached hydrogen (secondary N) is 1. The number of hydrogen-bond donors (Lipinski definition) is 1. The summed E-state index contributed by atoms with van der Waals surface area (Å²) in [5, 5.41) is 3.55. The van der Waals surface area contributed by atoms with Gasteiger partial charge < -0.3 is 15.0 Å². The lowest BCUT2D eigenvalue weighted by Gasteiger charge is -2.43. The largest absolute Gasteiger partial charge is 0.369 e. The molecular formula is C14H24N2O2. The van der Waals surface area contributed by atoms with Gasteiger partial charge in [-0.15, -0.1) is 0 Å². The van der Waals surface area contributed by atoms with E-state index in [-0.39, 0.29) is 17.6 Å². The molecule has 18 heavy (non-hydrogen) atoms. The Hall–Kier alpha value is -0.610. The molecule has 102 valence electrons. The van der Waals surface area contributed by atoms with E-state index in [2.05, 4.69) is 26.1 Å². The molecule has 4 heteroatoms. The van der Waals surface area contributed by atoms with Crippen LogP contribution in [0.5, 0.6) is 0 Å². The molecular weight excluding hydrogens is 228 g/mol. The van der Waals surface area contributed by atoms with E-state index in [1.807, 2.05) is 4.90 Å². The van der Waals surface area contributed by atoms with Crippen molar-refractivity contribution in [3.05, 3.63) is 0 Å². The second kappa shape index (κ2) is 4.20. The van der Waals surface area contributed by atoms with Crippen LogP contribution in [0.4, 0.5) is 0 Å². The Morgan fingerprint density at radius 1 is 1.39 bits per heavy atom. The number of carbonyl (C=O) groups is 1. The fourth-order valence-electron chi connectivity index (χ4n) is 3.95. The molecule has 3 aliphatic rings. The van der Waals surface area contributed by atoms with Gasteiger partial charge in [0.05, 0.1) is 17.6 Å². The summed E-state index contributed by atoms with van der Waals surface area (Å²) < 4.78 is 5.87. The maximum atomic E-state index is 12.7. The van der Waals surface area contributed by atoms with Gasteiger partial charge in [-0.1, -0.05) is 0 Å². The number of carbonyl (C=O) groups excluding carboxylic acids is 1. The van der Waals surface area contributed by atoms with Crippen LogP contribution in [0.1, 0.15) is 40.0 Å². The lowest BCUT2D eigenvalue weighted by Crippen LogP contribution is -2.56. The lowest BCUT2D eigenvalue weighted by molar-refractivity contribution is -0.162. The zero-order valence-electron chi connectivity index (χ0n) is 11.6. The number of rotatable bonds is 1. The molecule has 3 rings (SSSR count). The van der Waals surface area contributed by atoms with Crippen molar-refractivity contribution >= 4 is 5.91 Å². The molecule has 4 nitrogen and oxygen atoms in total. The summed E-state index contributed by atoms with van der Waals surface area (Å²) in [7, 11) is 0. The van der Waals surface area contributed by atoms with E-state index < -0.39 is 0 Å². The molecule has 0 aromatic carbocycles. The summed E-state index contributed by atoms with van der Waals surface area (Å²) in [5.74, 6) is 0.558. The van der Waals surface area contributed by atoms with Crippen molar-refractivity contribution in [1.82, 2.24) is 10.2 Å². The van der Waals surface area contributed by atoms with Crippen molar-refractivity contribution in [2.75, 3.05) is 13.1 Å². The van der Waals surface area contributed by atoms with Gasteiger partial charge >= 0.3 is 0 Å². The molecule has 0 spiro atoms. The van der Waals surface area contributed by atoms with Crippen LogP contribution in [0.3, 0.4) is 0 Å². The SMILES string of the molecule is CC1CN(C(=O)C2CC3CCC2N3)CC(C)(C)O1. The topological polar surface area (TPSA) is 41.6 Å². The van der Waals surface area contributed by atoms with E-state index in [4.69, 9.17) is 4.74 Å². The molecule has 0 aliphatic carbocycles. The standard InChI is InChI=1S/C14H24N2O2/c1-9-7-16(8-14(2,3)18-9)13(17)11-6-10-4-5-12(11)15-10/h9-12,15H,4-8H2,1-3H3. The van der Waals surface area contributed by atoms with E-state index in [0.29, 0.717) is 18.0 Å². The molecule has 4 unspecified atom stereocenters. The van der Waals surface area contributed by atoms with Crippen molar-refractivity contribution in [2.24, 2.45) is 5.92 Å². The third-order valence-electron chi connectivity index (χ3n) is 4.50. The number of hydrogen-bond acceptors (Lipinski definition) is 3. The van der Waals surface area contributed by atoms with Crippen LogP contribution in [0.15, 0.2) is 0 Å². The number of nitrogens with zero attached hydrogens (tertiary/aromatic N) is 1. The Kier molecular flexibility index (Phi) is 2.90. The number of fused-ring (bicyclic) bond motifs is 2. The first-order chi connectivity index (χ1) is 8.44. The van der Waals surface area contributed by atoms with Gasteiger partial charge in [-0.3, -0.25) is 4.79 Å². The third kappa shape index (κ3) is 2.16. The first-order valence-corrected chi connectivity index (χ1v) is 7.17. The molecule has 0 saturated carbocycles. The highest BCUT2D eigenvalue weighted by Gasteiger charge is 2.45. The number of amides is 1. The average molecular weight is 252 g/mol. The Balaban J connectivity index is 1.69. The first kappa shape index (κ1) is 12.4. The van der Waals surface area contributed by atoms with Gasteiger partial charge in [0, 0.05) is 25.2 Å². The molecule has 0 radical (unpaired) electrons. The summed E-state index contributed by atoms with van der Waals surface area (Å²) in [4.78, 5) is 14.7. The quantitative estimate of drug-likeness (QED) is 0.761. The minimum atomic E-state index is -0.210. The fraction of sp³-hybridized carbons (Fsp3) is 0.929. The summed E-state index contributed by atoms with van der Waals surface area (Å²) in [6.45, 7) is 7.67. The van der Waals surface area contributed by atoms with Crippen molar-refractivity contribution < 1.29 is 9.53 Å². The van der Waals surface area contributed by atoms with Crippen LogP contribution < -0.4 is 5.32 Å². The molecule has 3 saturated heterocycles. The van der Waals surface area contributed by atoms with Crippen LogP contribution in [0.2, 0.25) is 0 Å². The minimum Gasteiger partial charge on any atom is -0.369 e. The summed E-state index contributed by atoms with van der Waals surface area (Å²) in [6.07, 6.45) is 3.60. The van der Waals surface area contributed by atoms with Crippen LogP contribution in [0, 0.1) is 5.92 Å². The molecule has 3 heterocycles. The van der Waals surface area contributed by atoms with Crippen LogP contribution in [-0.4, -0.2) is 47.7 Å². The highest BCUT2D eigenvalue weighted by atomic mass is 16.5. The number of ether oxygens (including phenoxy) is 1. The smallest absolute Gasteiger partial charge is 0.227 e. The minimum absolute atomic E-state index is 0.143. The number of morpholine rings is 1. The average Bonchev–Trinajstić information content (AvgIpc) is 2.86. The van der Waals surface area contributed by atoms with Crippen LogP contribution >= 0.6 is 0 Å².